The zero-order chi connectivity index (χ0) is 14.7. The van der Waals surface area contributed by atoms with Gasteiger partial charge in [0.05, 0.1) is 12.3 Å². The van der Waals surface area contributed by atoms with E-state index in [1.165, 1.54) is 6.92 Å². The van der Waals surface area contributed by atoms with Crippen LogP contribution >= 0.6 is 0 Å². The average molecular weight is 264 g/mol. The van der Waals surface area contributed by atoms with Crippen LogP contribution < -0.4 is 0 Å². The van der Waals surface area contributed by atoms with Crippen molar-refractivity contribution in [3.8, 4) is 0 Å². The van der Waals surface area contributed by atoms with Crippen molar-refractivity contribution in [3.63, 3.8) is 0 Å². The first-order valence-corrected chi connectivity index (χ1v) is 5.05. The maximum atomic E-state index is 9.97. The topological polar surface area (TPSA) is 149 Å². The van der Waals surface area contributed by atoms with Gasteiger partial charge in [0.2, 0.25) is 0 Å². The fourth-order valence-corrected chi connectivity index (χ4v) is 0.740. The molecule has 0 aromatic rings. The molecule has 0 radical (unpaired) electrons. The molecule has 0 spiro atoms. The molecule has 4 N–H and O–H groups in total. The highest BCUT2D eigenvalue weighted by atomic mass is 16.4. The van der Waals surface area contributed by atoms with Crippen LogP contribution in [-0.2, 0) is 19.2 Å². The van der Waals surface area contributed by atoms with Gasteiger partial charge in [-0.1, -0.05) is 6.92 Å². The number of aliphatic carboxylic acids is 4. The van der Waals surface area contributed by atoms with Crippen molar-refractivity contribution in [2.45, 2.75) is 32.6 Å². The van der Waals surface area contributed by atoms with Crippen molar-refractivity contribution in [1.82, 2.24) is 0 Å². The van der Waals surface area contributed by atoms with E-state index in [9.17, 15) is 19.2 Å². The maximum absolute atomic E-state index is 9.97. The highest BCUT2D eigenvalue weighted by Gasteiger charge is 2.13. The fraction of sp³-hybridized carbons (Fsp3) is 0.600. The Morgan fingerprint density at radius 1 is 0.833 bits per heavy atom. The van der Waals surface area contributed by atoms with E-state index >= 15 is 0 Å². The van der Waals surface area contributed by atoms with Gasteiger partial charge in [0, 0.05) is 12.8 Å². The molecule has 0 fully saturated rings. The third-order valence-electron chi connectivity index (χ3n) is 1.68. The molecule has 0 amide bonds. The number of hydrogen-bond acceptors (Lipinski definition) is 4. The molecule has 0 aliphatic heterocycles. The van der Waals surface area contributed by atoms with Gasteiger partial charge in [0.25, 0.3) is 0 Å². The first kappa shape index (κ1) is 18.3. The van der Waals surface area contributed by atoms with Crippen molar-refractivity contribution in [2.24, 2.45) is 5.92 Å². The summed E-state index contributed by atoms with van der Waals surface area (Å²) in [6.45, 7) is 1.36. The zero-order valence-electron chi connectivity index (χ0n) is 9.83. The first-order valence-electron chi connectivity index (χ1n) is 5.05. The van der Waals surface area contributed by atoms with Crippen molar-refractivity contribution < 1.29 is 39.6 Å². The molecule has 1 atom stereocenters. The molecule has 1 unspecified atom stereocenters. The van der Waals surface area contributed by atoms with E-state index in [-0.39, 0.29) is 25.7 Å². The summed E-state index contributed by atoms with van der Waals surface area (Å²) in [6, 6.07) is 0. The minimum atomic E-state index is -1.08. The highest BCUT2D eigenvalue weighted by molar-refractivity contribution is 5.77. The summed E-state index contributed by atoms with van der Waals surface area (Å²) in [5.41, 5.74) is 0. The smallest absolute Gasteiger partial charge is 0.306 e. The molecule has 0 aromatic carbocycles. The average Bonchev–Trinajstić information content (AvgIpc) is 2.15. The minimum Gasteiger partial charge on any atom is -0.481 e. The van der Waals surface area contributed by atoms with Crippen LogP contribution in [0.15, 0.2) is 0 Å². The Labute approximate surface area is 103 Å². The molecule has 0 heterocycles. The monoisotopic (exact) mass is 264 g/mol. The summed E-state index contributed by atoms with van der Waals surface area (Å²) in [5, 5.41) is 32.3. The molecule has 0 saturated heterocycles. The van der Waals surface area contributed by atoms with Gasteiger partial charge in [-0.2, -0.15) is 0 Å². The number of carboxylic acid groups (broad SMARTS) is 4. The normalized spacial score (nSPS) is 10.7. The van der Waals surface area contributed by atoms with Gasteiger partial charge < -0.3 is 20.4 Å². The molecule has 0 aliphatic carbocycles. The van der Waals surface area contributed by atoms with Gasteiger partial charge in [-0.05, 0) is 6.42 Å². The van der Waals surface area contributed by atoms with E-state index in [4.69, 9.17) is 20.4 Å². The van der Waals surface area contributed by atoms with Crippen LogP contribution in [0.4, 0.5) is 0 Å². The molecule has 8 nitrogen and oxygen atoms in total. The maximum Gasteiger partial charge on any atom is 0.306 e. The number of carboxylic acids is 4. The summed E-state index contributed by atoms with van der Waals surface area (Å²) >= 11 is 0. The van der Waals surface area contributed by atoms with Crippen LogP contribution in [0.3, 0.4) is 0 Å². The van der Waals surface area contributed by atoms with E-state index in [1.54, 1.807) is 0 Å². The molecule has 18 heavy (non-hydrogen) atoms. The number of carbonyl (C=O) groups is 4. The standard InChI is InChI=1S/2C5H8O4/c1-3(5(8)9)2-4(6)7;6-4(7)2-1-3-5(8)9/h3H,2H2,1H3,(H,6,7)(H,8,9);1-3H2,(H,6,7)(H,8,9). The Bertz CT molecular complexity index is 295. The summed E-state index contributed by atoms with van der Waals surface area (Å²) < 4.78 is 0. The minimum absolute atomic E-state index is 0.0632. The van der Waals surface area contributed by atoms with Gasteiger partial charge in [-0.15, -0.1) is 0 Å². The SMILES string of the molecule is CC(CC(=O)O)C(=O)O.O=C(O)CCCC(=O)O. The van der Waals surface area contributed by atoms with Crippen LogP contribution in [0, 0.1) is 5.92 Å². The Morgan fingerprint density at radius 2 is 1.22 bits per heavy atom. The predicted octanol–water partition coefficient (Wildman–Crippen LogP) is 0.508. The Hall–Kier alpha value is -2.12. The lowest BCUT2D eigenvalue weighted by Crippen LogP contribution is -2.13. The van der Waals surface area contributed by atoms with Crippen LogP contribution in [0.25, 0.3) is 0 Å². The summed E-state index contributed by atoms with van der Waals surface area (Å²) in [6.07, 6.45) is -0.224. The lowest BCUT2D eigenvalue weighted by atomic mass is 10.1. The van der Waals surface area contributed by atoms with Crippen molar-refractivity contribution in [1.29, 1.82) is 0 Å². The Morgan fingerprint density at radius 3 is 1.39 bits per heavy atom. The quantitative estimate of drug-likeness (QED) is 0.519. The number of hydrogen-bond donors (Lipinski definition) is 4. The van der Waals surface area contributed by atoms with Crippen LogP contribution in [0.2, 0.25) is 0 Å². The molecule has 0 rings (SSSR count). The number of rotatable bonds is 7. The van der Waals surface area contributed by atoms with E-state index in [1.807, 2.05) is 0 Å². The van der Waals surface area contributed by atoms with E-state index in [0.717, 1.165) is 0 Å². The van der Waals surface area contributed by atoms with Crippen molar-refractivity contribution in [2.75, 3.05) is 0 Å². The summed E-state index contributed by atoms with van der Waals surface area (Å²) in [4.78, 5) is 39.4. The van der Waals surface area contributed by atoms with Gasteiger partial charge in [0.15, 0.2) is 0 Å². The molecule has 0 saturated carbocycles. The predicted molar refractivity (Wildman–Crippen MR) is 58.2 cm³/mol. The molecule has 0 aliphatic rings. The summed E-state index contributed by atoms with van der Waals surface area (Å²) in [7, 11) is 0. The fourth-order valence-electron chi connectivity index (χ4n) is 0.740. The van der Waals surface area contributed by atoms with Crippen LogP contribution in [0.1, 0.15) is 32.6 Å². The van der Waals surface area contributed by atoms with Gasteiger partial charge >= 0.3 is 23.9 Å². The van der Waals surface area contributed by atoms with Crippen molar-refractivity contribution >= 4 is 23.9 Å². The molecular weight excluding hydrogens is 248 g/mol. The van der Waals surface area contributed by atoms with Gasteiger partial charge in [-0.25, -0.2) is 0 Å². The van der Waals surface area contributed by atoms with Crippen LogP contribution in [0.5, 0.6) is 0 Å². The first-order chi connectivity index (χ1) is 8.16. The highest BCUT2D eigenvalue weighted by Crippen LogP contribution is 1.99. The van der Waals surface area contributed by atoms with Crippen molar-refractivity contribution in [3.05, 3.63) is 0 Å². The van der Waals surface area contributed by atoms with Gasteiger partial charge in [-0.3, -0.25) is 19.2 Å². The lowest BCUT2D eigenvalue weighted by molar-refractivity contribution is -0.147. The molecular formula is C10H16O8. The van der Waals surface area contributed by atoms with E-state index in [0.29, 0.717) is 0 Å². The second-order valence-corrected chi connectivity index (χ2v) is 3.48. The molecule has 8 heteroatoms. The third kappa shape index (κ3) is 16.3. The van der Waals surface area contributed by atoms with E-state index in [2.05, 4.69) is 0 Å². The molecule has 0 bridgehead atoms. The third-order valence-corrected chi connectivity index (χ3v) is 1.68. The molecule has 104 valence electrons. The molecule has 0 aromatic heterocycles. The Kier molecular flexibility index (Phi) is 10.2. The van der Waals surface area contributed by atoms with E-state index < -0.39 is 29.8 Å². The second kappa shape index (κ2) is 10.1. The van der Waals surface area contributed by atoms with Crippen LogP contribution in [-0.4, -0.2) is 44.3 Å². The zero-order valence-corrected chi connectivity index (χ0v) is 9.83. The van der Waals surface area contributed by atoms with Gasteiger partial charge in [0.1, 0.15) is 0 Å². The second-order valence-electron chi connectivity index (χ2n) is 3.48. The Balaban J connectivity index is 0. The largest absolute Gasteiger partial charge is 0.481 e. The lowest BCUT2D eigenvalue weighted by Gasteiger charge is -1.98. The summed E-state index contributed by atoms with van der Waals surface area (Å²) in [5.74, 6) is -4.84.